The fourth-order valence-electron chi connectivity index (χ4n) is 3.04. The van der Waals surface area contributed by atoms with Crippen molar-refractivity contribution in [1.29, 1.82) is 0 Å². The zero-order valence-electron chi connectivity index (χ0n) is 14.6. The highest BCUT2D eigenvalue weighted by Gasteiger charge is 2.23. The molecule has 3 rings (SSSR count). The van der Waals surface area contributed by atoms with Gasteiger partial charge in [0, 0.05) is 12.1 Å². The zero-order valence-corrected chi connectivity index (χ0v) is 14.6. The van der Waals surface area contributed by atoms with Gasteiger partial charge in [-0.1, -0.05) is 25.8 Å². The van der Waals surface area contributed by atoms with Crippen LogP contribution in [0, 0.1) is 5.92 Å². The molecule has 0 radical (unpaired) electrons. The molecule has 0 aliphatic heterocycles. The number of tetrazole rings is 1. The molecule has 9 heteroatoms. The van der Waals surface area contributed by atoms with E-state index in [0.29, 0.717) is 17.4 Å². The van der Waals surface area contributed by atoms with E-state index in [1.807, 2.05) is 6.07 Å². The van der Waals surface area contributed by atoms with Crippen LogP contribution in [0.3, 0.4) is 0 Å². The van der Waals surface area contributed by atoms with Gasteiger partial charge in [-0.25, -0.2) is 9.48 Å². The van der Waals surface area contributed by atoms with Crippen molar-refractivity contribution in [2.45, 2.75) is 38.6 Å². The summed E-state index contributed by atoms with van der Waals surface area (Å²) >= 11 is 0. The summed E-state index contributed by atoms with van der Waals surface area (Å²) in [5, 5.41) is 16.1. The largest absolute Gasteiger partial charge is 0.484 e. The van der Waals surface area contributed by atoms with Gasteiger partial charge in [0.2, 0.25) is 0 Å². The Morgan fingerprint density at radius 2 is 2.15 bits per heavy atom. The lowest BCUT2D eigenvalue weighted by molar-refractivity contribution is -0.122. The van der Waals surface area contributed by atoms with Crippen LogP contribution in [-0.4, -0.2) is 44.8 Å². The van der Waals surface area contributed by atoms with Crippen molar-refractivity contribution in [1.82, 2.24) is 30.8 Å². The van der Waals surface area contributed by atoms with E-state index in [9.17, 15) is 9.59 Å². The molecule has 1 aliphatic carbocycles. The number of benzene rings is 1. The Bertz CT molecular complexity index is 749. The van der Waals surface area contributed by atoms with E-state index in [4.69, 9.17) is 4.74 Å². The van der Waals surface area contributed by atoms with E-state index in [1.165, 1.54) is 17.4 Å². The van der Waals surface area contributed by atoms with Crippen molar-refractivity contribution < 1.29 is 14.3 Å². The fraction of sp³-hybridized carbons (Fsp3) is 0.471. The molecule has 3 amide bonds. The van der Waals surface area contributed by atoms with Gasteiger partial charge in [-0.05, 0) is 41.3 Å². The molecule has 9 nitrogen and oxygen atoms in total. The molecule has 1 saturated carbocycles. The minimum Gasteiger partial charge on any atom is -0.484 e. The first-order valence-electron chi connectivity index (χ1n) is 8.68. The number of hydrogen-bond acceptors (Lipinski definition) is 6. The summed E-state index contributed by atoms with van der Waals surface area (Å²) in [6.07, 6.45) is 5.80. The van der Waals surface area contributed by atoms with Crippen molar-refractivity contribution in [2.75, 3.05) is 6.61 Å². The average Bonchev–Trinajstić information content (AvgIpc) is 3.17. The second kappa shape index (κ2) is 8.41. The van der Waals surface area contributed by atoms with Gasteiger partial charge in [-0.15, -0.1) is 5.10 Å². The lowest BCUT2D eigenvalue weighted by Gasteiger charge is -2.29. The summed E-state index contributed by atoms with van der Waals surface area (Å²) in [7, 11) is 0. The first-order valence-corrected chi connectivity index (χ1v) is 8.68. The van der Waals surface area contributed by atoms with E-state index in [-0.39, 0.29) is 12.6 Å². The first kappa shape index (κ1) is 17.8. The third-order valence-corrected chi connectivity index (χ3v) is 4.48. The number of hydrogen-bond donors (Lipinski definition) is 2. The number of nitrogens with zero attached hydrogens (tertiary/aromatic N) is 4. The van der Waals surface area contributed by atoms with Crippen molar-refractivity contribution in [3.63, 3.8) is 0 Å². The Kier molecular flexibility index (Phi) is 5.77. The summed E-state index contributed by atoms with van der Waals surface area (Å²) in [6, 6.07) is 6.63. The molecule has 0 spiro atoms. The second-order valence-corrected chi connectivity index (χ2v) is 6.43. The Balaban J connectivity index is 1.46. The molecule has 1 aromatic heterocycles. The molecular weight excluding hydrogens is 336 g/mol. The summed E-state index contributed by atoms with van der Waals surface area (Å²) in [5.74, 6) is 0.406. The molecule has 2 N–H and O–H groups in total. The molecule has 26 heavy (non-hydrogen) atoms. The van der Waals surface area contributed by atoms with E-state index < -0.39 is 11.9 Å². The van der Waals surface area contributed by atoms with Gasteiger partial charge in [0.15, 0.2) is 6.61 Å². The third kappa shape index (κ3) is 4.78. The minimum atomic E-state index is -0.501. The van der Waals surface area contributed by atoms with E-state index in [0.717, 1.165) is 19.3 Å². The number of ether oxygens (including phenoxy) is 1. The normalized spacial score (nSPS) is 19.6. The quantitative estimate of drug-likeness (QED) is 0.837. The Labute approximate surface area is 151 Å². The van der Waals surface area contributed by atoms with Crippen LogP contribution in [0.2, 0.25) is 0 Å². The van der Waals surface area contributed by atoms with Gasteiger partial charge in [-0.3, -0.25) is 10.1 Å². The highest BCUT2D eigenvalue weighted by Crippen LogP contribution is 2.23. The lowest BCUT2D eigenvalue weighted by Crippen LogP contribution is -2.48. The van der Waals surface area contributed by atoms with E-state index in [2.05, 4.69) is 33.1 Å². The molecular formula is C17H22N6O3. The summed E-state index contributed by atoms with van der Waals surface area (Å²) in [5.41, 5.74) is 0.705. The Hall–Kier alpha value is -2.97. The number of imide groups is 1. The summed E-state index contributed by atoms with van der Waals surface area (Å²) in [6.45, 7) is 1.86. The Morgan fingerprint density at radius 1 is 1.31 bits per heavy atom. The van der Waals surface area contributed by atoms with Gasteiger partial charge in [0.1, 0.15) is 12.1 Å². The molecule has 0 unspecified atom stereocenters. The maximum atomic E-state index is 12.0. The minimum absolute atomic E-state index is 0.116. The van der Waals surface area contributed by atoms with Crippen LogP contribution in [0.1, 0.15) is 32.6 Å². The van der Waals surface area contributed by atoms with Crippen LogP contribution >= 0.6 is 0 Å². The first-order chi connectivity index (χ1) is 12.6. The van der Waals surface area contributed by atoms with Crippen LogP contribution < -0.4 is 15.4 Å². The molecule has 1 aliphatic rings. The van der Waals surface area contributed by atoms with Gasteiger partial charge in [0.05, 0.1) is 5.69 Å². The van der Waals surface area contributed by atoms with Crippen LogP contribution in [0.25, 0.3) is 5.69 Å². The van der Waals surface area contributed by atoms with Crippen LogP contribution in [-0.2, 0) is 4.79 Å². The lowest BCUT2D eigenvalue weighted by atomic mass is 9.86. The van der Waals surface area contributed by atoms with Gasteiger partial charge in [0.25, 0.3) is 5.91 Å². The smallest absolute Gasteiger partial charge is 0.321 e. The van der Waals surface area contributed by atoms with Gasteiger partial charge < -0.3 is 10.1 Å². The predicted molar refractivity (Wildman–Crippen MR) is 92.7 cm³/mol. The van der Waals surface area contributed by atoms with Crippen molar-refractivity contribution >= 4 is 11.9 Å². The maximum Gasteiger partial charge on any atom is 0.321 e. The standard InChI is InChI=1S/C17H22N6O3/c1-12-5-2-3-8-15(12)19-17(25)20-16(24)10-26-14-7-4-6-13(9-14)23-11-18-21-22-23/h4,6-7,9,11-12,15H,2-3,5,8,10H2,1H3,(H2,19,20,24,25)/t12-,15+/m0/s1. The monoisotopic (exact) mass is 358 g/mol. The fourth-order valence-corrected chi connectivity index (χ4v) is 3.04. The number of carbonyl (C=O) groups excluding carboxylic acids is 2. The van der Waals surface area contributed by atoms with Gasteiger partial charge in [-0.2, -0.15) is 0 Å². The zero-order chi connectivity index (χ0) is 18.4. The van der Waals surface area contributed by atoms with Crippen molar-refractivity contribution in [3.05, 3.63) is 30.6 Å². The number of nitrogens with one attached hydrogen (secondary N) is 2. The highest BCUT2D eigenvalue weighted by atomic mass is 16.5. The topological polar surface area (TPSA) is 111 Å². The number of rotatable bonds is 5. The Morgan fingerprint density at radius 3 is 2.92 bits per heavy atom. The second-order valence-electron chi connectivity index (χ2n) is 6.43. The molecule has 1 fully saturated rings. The SMILES string of the molecule is C[C@H]1CCCC[C@H]1NC(=O)NC(=O)COc1cccc(-n2cnnn2)c1. The van der Waals surface area contributed by atoms with Crippen LogP contribution in [0.5, 0.6) is 5.75 Å². The third-order valence-electron chi connectivity index (χ3n) is 4.48. The van der Waals surface area contributed by atoms with E-state index in [1.54, 1.807) is 18.2 Å². The number of aromatic nitrogens is 4. The van der Waals surface area contributed by atoms with E-state index >= 15 is 0 Å². The molecule has 0 bridgehead atoms. The molecule has 1 heterocycles. The predicted octanol–water partition coefficient (Wildman–Crippen LogP) is 1.45. The molecule has 1 aromatic carbocycles. The number of urea groups is 1. The number of amides is 3. The highest BCUT2D eigenvalue weighted by molar-refractivity contribution is 5.95. The maximum absolute atomic E-state index is 12.0. The van der Waals surface area contributed by atoms with Crippen molar-refractivity contribution in [2.24, 2.45) is 5.92 Å². The number of carbonyl (C=O) groups is 2. The van der Waals surface area contributed by atoms with Gasteiger partial charge >= 0.3 is 6.03 Å². The van der Waals surface area contributed by atoms with Crippen molar-refractivity contribution in [3.8, 4) is 11.4 Å². The summed E-state index contributed by atoms with van der Waals surface area (Å²) in [4.78, 5) is 23.9. The van der Waals surface area contributed by atoms with Crippen LogP contribution in [0.15, 0.2) is 30.6 Å². The average molecular weight is 358 g/mol. The molecule has 2 aromatic rings. The van der Waals surface area contributed by atoms with Crippen LogP contribution in [0.4, 0.5) is 4.79 Å². The molecule has 0 saturated heterocycles. The molecule has 138 valence electrons. The summed E-state index contributed by atoms with van der Waals surface area (Å²) < 4.78 is 6.92. The molecule has 2 atom stereocenters.